The maximum absolute atomic E-state index is 11.2. The van der Waals surface area contributed by atoms with Crippen LogP contribution in [0.3, 0.4) is 0 Å². The number of carboxylic acids is 1. The molecule has 24 heavy (non-hydrogen) atoms. The number of ether oxygens (including phenoxy) is 2. The predicted octanol–water partition coefficient (Wildman–Crippen LogP) is 0.906. The molecule has 0 heterocycles. The van der Waals surface area contributed by atoms with Crippen LogP contribution in [0.4, 0.5) is 13.2 Å². The van der Waals surface area contributed by atoms with E-state index in [9.17, 15) is 22.8 Å². The number of hydrogen-bond acceptors (Lipinski definition) is 6. The molecule has 3 N–H and O–H groups in total. The number of benzene rings is 1. The topological polar surface area (TPSA) is 116 Å². The first kappa shape index (κ1) is 21.5. The van der Waals surface area contributed by atoms with Crippen LogP contribution in [0.15, 0.2) is 30.3 Å². The Bertz CT molecular complexity index is 547. The van der Waals surface area contributed by atoms with Gasteiger partial charge in [0.2, 0.25) is 0 Å². The van der Waals surface area contributed by atoms with Crippen molar-refractivity contribution in [3.63, 3.8) is 0 Å². The number of ketones is 1. The van der Waals surface area contributed by atoms with Crippen LogP contribution in [0.2, 0.25) is 0 Å². The molecule has 0 aromatic heterocycles. The maximum atomic E-state index is 11.2. The SMILES string of the molecule is COC(=O)C(=O)[C@@H](N)COCc1ccccc1.O=C(O)C(F)(F)F. The number of hydrogen-bond donors (Lipinski definition) is 2. The van der Waals surface area contributed by atoms with Crippen molar-refractivity contribution in [2.24, 2.45) is 5.73 Å². The molecule has 0 bridgehead atoms. The summed E-state index contributed by atoms with van der Waals surface area (Å²) in [6.07, 6.45) is -5.08. The van der Waals surface area contributed by atoms with Gasteiger partial charge < -0.3 is 20.3 Å². The van der Waals surface area contributed by atoms with E-state index in [-0.39, 0.29) is 6.61 Å². The molecule has 0 amide bonds. The summed E-state index contributed by atoms with van der Waals surface area (Å²) in [6.45, 7) is 0.339. The summed E-state index contributed by atoms with van der Waals surface area (Å²) in [4.78, 5) is 31.0. The van der Waals surface area contributed by atoms with E-state index in [1.807, 2.05) is 30.3 Å². The Hall–Kier alpha value is -2.46. The summed E-state index contributed by atoms with van der Waals surface area (Å²) < 4.78 is 41.3. The van der Waals surface area contributed by atoms with Gasteiger partial charge in [0.05, 0.1) is 26.4 Å². The Morgan fingerprint density at radius 3 is 2.12 bits per heavy atom. The molecule has 7 nitrogen and oxygen atoms in total. The Morgan fingerprint density at radius 1 is 1.21 bits per heavy atom. The van der Waals surface area contributed by atoms with Crippen LogP contribution in [-0.2, 0) is 30.5 Å². The zero-order valence-electron chi connectivity index (χ0n) is 12.6. The number of aliphatic carboxylic acids is 1. The van der Waals surface area contributed by atoms with Crippen molar-refractivity contribution >= 4 is 17.7 Å². The zero-order valence-corrected chi connectivity index (χ0v) is 12.6. The molecule has 0 saturated heterocycles. The van der Waals surface area contributed by atoms with E-state index in [0.717, 1.165) is 12.7 Å². The summed E-state index contributed by atoms with van der Waals surface area (Å²) in [5.41, 5.74) is 6.46. The number of alkyl halides is 3. The third-order valence-corrected chi connectivity index (χ3v) is 2.37. The highest BCUT2D eigenvalue weighted by molar-refractivity contribution is 6.35. The largest absolute Gasteiger partial charge is 0.490 e. The summed E-state index contributed by atoms with van der Waals surface area (Å²) in [5.74, 6) is -4.48. The summed E-state index contributed by atoms with van der Waals surface area (Å²) in [5, 5.41) is 7.12. The van der Waals surface area contributed by atoms with Gasteiger partial charge in [-0.2, -0.15) is 13.2 Å². The quantitative estimate of drug-likeness (QED) is 0.578. The molecule has 0 spiro atoms. The number of nitrogens with two attached hydrogens (primary N) is 1. The molecule has 1 rings (SSSR count). The summed E-state index contributed by atoms with van der Waals surface area (Å²) >= 11 is 0. The lowest BCUT2D eigenvalue weighted by Gasteiger charge is -2.09. The van der Waals surface area contributed by atoms with E-state index >= 15 is 0 Å². The van der Waals surface area contributed by atoms with Crippen molar-refractivity contribution in [2.75, 3.05) is 13.7 Å². The Morgan fingerprint density at radius 2 is 1.71 bits per heavy atom. The van der Waals surface area contributed by atoms with Gasteiger partial charge in [-0.3, -0.25) is 4.79 Å². The molecule has 0 saturated carbocycles. The van der Waals surface area contributed by atoms with Gasteiger partial charge >= 0.3 is 18.1 Å². The molecule has 1 atom stereocenters. The van der Waals surface area contributed by atoms with E-state index in [1.54, 1.807) is 0 Å². The zero-order chi connectivity index (χ0) is 18.8. The Labute approximate surface area is 135 Å². The highest BCUT2D eigenvalue weighted by atomic mass is 19.4. The van der Waals surface area contributed by atoms with E-state index in [1.165, 1.54) is 0 Å². The average molecular weight is 351 g/mol. The molecule has 134 valence electrons. The van der Waals surface area contributed by atoms with Gasteiger partial charge in [-0.1, -0.05) is 30.3 Å². The van der Waals surface area contributed by atoms with Gasteiger partial charge in [0.1, 0.15) is 0 Å². The fourth-order valence-corrected chi connectivity index (χ4v) is 1.21. The molecular formula is C14H16F3NO6. The van der Waals surface area contributed by atoms with E-state index in [0.29, 0.717) is 6.61 Å². The number of methoxy groups -OCH3 is 1. The molecule has 0 aliphatic heterocycles. The van der Waals surface area contributed by atoms with Crippen molar-refractivity contribution in [1.82, 2.24) is 0 Å². The van der Waals surface area contributed by atoms with Crippen molar-refractivity contribution in [2.45, 2.75) is 18.8 Å². The lowest BCUT2D eigenvalue weighted by Crippen LogP contribution is -2.40. The number of rotatable bonds is 6. The van der Waals surface area contributed by atoms with Crippen LogP contribution in [-0.4, -0.2) is 48.8 Å². The van der Waals surface area contributed by atoms with E-state index < -0.39 is 29.9 Å². The molecule has 0 radical (unpaired) electrons. The number of esters is 1. The van der Waals surface area contributed by atoms with Crippen molar-refractivity contribution < 1.29 is 42.1 Å². The second-order valence-corrected chi connectivity index (χ2v) is 4.27. The van der Waals surface area contributed by atoms with E-state index in [4.69, 9.17) is 20.4 Å². The van der Waals surface area contributed by atoms with Gasteiger partial charge in [0, 0.05) is 0 Å². The molecule has 0 fully saturated rings. The van der Waals surface area contributed by atoms with Gasteiger partial charge in [-0.15, -0.1) is 0 Å². The molecule has 0 unspecified atom stereocenters. The monoisotopic (exact) mass is 351 g/mol. The minimum atomic E-state index is -5.08. The van der Waals surface area contributed by atoms with Crippen LogP contribution < -0.4 is 5.73 Å². The minimum Gasteiger partial charge on any atom is -0.475 e. The highest BCUT2D eigenvalue weighted by Crippen LogP contribution is 2.13. The lowest BCUT2D eigenvalue weighted by atomic mass is 10.2. The van der Waals surface area contributed by atoms with E-state index in [2.05, 4.69) is 4.74 Å². The minimum absolute atomic E-state index is 0.0111. The third-order valence-electron chi connectivity index (χ3n) is 2.37. The van der Waals surface area contributed by atoms with Gasteiger partial charge in [-0.25, -0.2) is 9.59 Å². The van der Waals surface area contributed by atoms with Crippen molar-refractivity contribution in [3.05, 3.63) is 35.9 Å². The van der Waals surface area contributed by atoms with Crippen molar-refractivity contribution in [3.8, 4) is 0 Å². The smallest absolute Gasteiger partial charge is 0.475 e. The molecule has 0 aliphatic carbocycles. The first-order chi connectivity index (χ1) is 11.1. The number of halogens is 3. The number of carbonyl (C=O) groups is 3. The van der Waals surface area contributed by atoms with Crippen molar-refractivity contribution in [1.29, 1.82) is 0 Å². The van der Waals surface area contributed by atoms with Gasteiger partial charge in [0.25, 0.3) is 5.78 Å². The maximum Gasteiger partial charge on any atom is 0.490 e. The second-order valence-electron chi connectivity index (χ2n) is 4.27. The number of Topliss-reactive ketones (excluding diaryl/α,β-unsaturated/α-hetero) is 1. The van der Waals surface area contributed by atoms with Crippen LogP contribution in [0, 0.1) is 0 Å². The molecule has 10 heteroatoms. The molecular weight excluding hydrogens is 335 g/mol. The van der Waals surface area contributed by atoms with Crippen LogP contribution in [0.25, 0.3) is 0 Å². The first-order valence-corrected chi connectivity index (χ1v) is 6.39. The average Bonchev–Trinajstić information content (AvgIpc) is 2.54. The third kappa shape index (κ3) is 8.86. The van der Waals surface area contributed by atoms with Crippen LogP contribution in [0.1, 0.15) is 5.56 Å². The van der Waals surface area contributed by atoms with Gasteiger partial charge in [-0.05, 0) is 5.56 Å². The predicted molar refractivity (Wildman–Crippen MR) is 74.8 cm³/mol. The molecule has 0 aliphatic rings. The number of carbonyl (C=O) groups excluding carboxylic acids is 2. The molecule has 1 aromatic carbocycles. The van der Waals surface area contributed by atoms with Gasteiger partial charge in [0.15, 0.2) is 0 Å². The first-order valence-electron chi connectivity index (χ1n) is 6.39. The fraction of sp³-hybridized carbons (Fsp3) is 0.357. The second kappa shape index (κ2) is 10.3. The molecule has 1 aromatic rings. The lowest BCUT2D eigenvalue weighted by molar-refractivity contribution is -0.192. The Kier molecular flexibility index (Phi) is 9.28. The summed E-state index contributed by atoms with van der Waals surface area (Å²) in [7, 11) is 1.14. The summed E-state index contributed by atoms with van der Waals surface area (Å²) in [6, 6.07) is 8.49. The Balaban J connectivity index is 0.000000640. The normalized spacial score (nSPS) is 11.7. The highest BCUT2D eigenvalue weighted by Gasteiger charge is 2.38. The number of carboxylic acid groups (broad SMARTS) is 1. The fourth-order valence-electron chi connectivity index (χ4n) is 1.21. The standard InChI is InChI=1S/C12H15NO4.C2HF3O2/c1-16-12(15)11(14)10(13)8-17-7-9-5-3-2-4-6-9;3-2(4,5)1(6)7/h2-6,10H,7-8,13H2,1H3;(H,6,7)/t10-;/m0./s1. The van der Waals surface area contributed by atoms with Crippen LogP contribution >= 0.6 is 0 Å². The van der Waals surface area contributed by atoms with Crippen LogP contribution in [0.5, 0.6) is 0 Å².